The van der Waals surface area contributed by atoms with Crippen LogP contribution in [0.5, 0.6) is 0 Å². The van der Waals surface area contributed by atoms with Crippen LogP contribution in [0.3, 0.4) is 0 Å². The predicted octanol–water partition coefficient (Wildman–Crippen LogP) is 2.86. The fourth-order valence-corrected chi connectivity index (χ4v) is 1.90. The molecule has 0 saturated carbocycles. The minimum Gasteiger partial charge on any atom is -0.294 e. The number of Topliss-reactive ketones (excluding diaryl/α,β-unsaturated/α-hetero) is 1. The van der Waals surface area contributed by atoms with Gasteiger partial charge in [0.05, 0.1) is 0 Å². The monoisotopic (exact) mass is 180 g/mol. The van der Waals surface area contributed by atoms with Gasteiger partial charge in [-0.25, -0.2) is 0 Å². The molecule has 0 radical (unpaired) electrons. The van der Waals surface area contributed by atoms with Crippen molar-refractivity contribution in [3.8, 4) is 0 Å². The number of hydrogen-bond acceptors (Lipinski definition) is 1. The van der Waals surface area contributed by atoms with E-state index in [1.165, 1.54) is 0 Å². The number of halogens is 1. The first kappa shape index (κ1) is 7.81. The first-order valence-electron chi connectivity index (χ1n) is 4.09. The van der Waals surface area contributed by atoms with Gasteiger partial charge in [-0.3, -0.25) is 4.79 Å². The van der Waals surface area contributed by atoms with Gasteiger partial charge in [-0.05, 0) is 24.5 Å². The van der Waals surface area contributed by atoms with E-state index in [4.69, 9.17) is 11.6 Å². The maximum absolute atomic E-state index is 11.4. The number of benzene rings is 1. The summed E-state index contributed by atoms with van der Waals surface area (Å²) in [5.74, 6) is 0.235. The molecule has 0 N–H and O–H groups in total. The van der Waals surface area contributed by atoms with E-state index in [2.05, 4.69) is 0 Å². The molecule has 0 atom stereocenters. The Balaban J connectivity index is 2.59. The molecule has 0 unspecified atom stereocenters. The van der Waals surface area contributed by atoms with E-state index in [0.29, 0.717) is 6.42 Å². The van der Waals surface area contributed by atoms with E-state index in [0.717, 1.165) is 29.0 Å². The molecule has 2 rings (SSSR count). The summed E-state index contributed by atoms with van der Waals surface area (Å²) in [5.41, 5.74) is 1.86. The van der Waals surface area contributed by atoms with Crippen molar-refractivity contribution in [2.75, 3.05) is 0 Å². The molecule has 1 aromatic carbocycles. The van der Waals surface area contributed by atoms with Crippen molar-refractivity contribution in [1.82, 2.24) is 0 Å². The van der Waals surface area contributed by atoms with Crippen molar-refractivity contribution < 1.29 is 4.79 Å². The fraction of sp³-hybridized carbons (Fsp3) is 0.300. The van der Waals surface area contributed by atoms with Crippen molar-refractivity contribution >= 4 is 17.4 Å². The number of rotatable bonds is 0. The highest BCUT2D eigenvalue weighted by Gasteiger charge is 2.18. The Morgan fingerprint density at radius 2 is 2.08 bits per heavy atom. The summed E-state index contributed by atoms with van der Waals surface area (Å²) in [7, 11) is 0. The van der Waals surface area contributed by atoms with Gasteiger partial charge in [0.25, 0.3) is 0 Å². The zero-order valence-electron chi connectivity index (χ0n) is 6.64. The number of carbonyl (C=O) groups is 1. The quantitative estimate of drug-likeness (QED) is 0.600. The SMILES string of the molecule is O=C1CCCc2c(Cl)cccc21. The Morgan fingerprint density at radius 1 is 1.25 bits per heavy atom. The van der Waals surface area contributed by atoms with E-state index in [-0.39, 0.29) is 5.78 Å². The van der Waals surface area contributed by atoms with Gasteiger partial charge in [0.15, 0.2) is 5.78 Å². The van der Waals surface area contributed by atoms with E-state index in [1.54, 1.807) is 0 Å². The summed E-state index contributed by atoms with van der Waals surface area (Å²) < 4.78 is 0. The van der Waals surface area contributed by atoms with Crippen LogP contribution in [0.25, 0.3) is 0 Å². The van der Waals surface area contributed by atoms with Crippen LogP contribution in [0, 0.1) is 0 Å². The van der Waals surface area contributed by atoms with Crippen LogP contribution in [0.4, 0.5) is 0 Å². The van der Waals surface area contributed by atoms with Crippen LogP contribution in [0.1, 0.15) is 28.8 Å². The molecule has 62 valence electrons. The third kappa shape index (κ3) is 1.14. The molecule has 1 aliphatic carbocycles. The standard InChI is InChI=1S/C10H9ClO/c11-9-5-1-4-8-7(9)3-2-6-10(8)12/h1,4-5H,2-3,6H2. The summed E-state index contributed by atoms with van der Waals surface area (Å²) in [6, 6.07) is 5.55. The third-order valence-electron chi connectivity index (χ3n) is 2.25. The van der Waals surface area contributed by atoms with Crippen LogP contribution in [-0.4, -0.2) is 5.78 Å². The molecule has 0 aromatic heterocycles. The van der Waals surface area contributed by atoms with Gasteiger partial charge in [0.2, 0.25) is 0 Å². The lowest BCUT2D eigenvalue weighted by molar-refractivity contribution is 0.0972. The Bertz CT molecular complexity index is 331. The molecule has 2 heteroatoms. The van der Waals surface area contributed by atoms with Crippen LogP contribution in [-0.2, 0) is 6.42 Å². The average Bonchev–Trinajstić information content (AvgIpc) is 2.07. The molecule has 1 nitrogen and oxygen atoms in total. The highest BCUT2D eigenvalue weighted by atomic mass is 35.5. The summed E-state index contributed by atoms with van der Waals surface area (Å²) in [5, 5.41) is 0.737. The summed E-state index contributed by atoms with van der Waals surface area (Å²) in [6.45, 7) is 0. The van der Waals surface area contributed by atoms with Gasteiger partial charge in [-0.15, -0.1) is 0 Å². The molecule has 0 amide bonds. The van der Waals surface area contributed by atoms with Gasteiger partial charge in [-0.1, -0.05) is 23.7 Å². The number of carbonyl (C=O) groups excluding carboxylic acids is 1. The minimum atomic E-state index is 0.235. The second-order valence-corrected chi connectivity index (χ2v) is 3.45. The molecule has 0 fully saturated rings. The fourth-order valence-electron chi connectivity index (χ4n) is 1.63. The maximum Gasteiger partial charge on any atom is 0.163 e. The molecule has 0 saturated heterocycles. The highest BCUT2D eigenvalue weighted by molar-refractivity contribution is 6.32. The van der Waals surface area contributed by atoms with Crippen molar-refractivity contribution in [3.63, 3.8) is 0 Å². The lowest BCUT2D eigenvalue weighted by atomic mass is 9.91. The first-order chi connectivity index (χ1) is 5.79. The summed E-state index contributed by atoms with van der Waals surface area (Å²) >= 11 is 5.96. The topological polar surface area (TPSA) is 17.1 Å². The molecule has 0 heterocycles. The lowest BCUT2D eigenvalue weighted by Gasteiger charge is -2.14. The molecule has 1 aliphatic rings. The molecular formula is C10H9ClO. The summed E-state index contributed by atoms with van der Waals surface area (Å²) in [4.78, 5) is 11.4. The van der Waals surface area contributed by atoms with E-state index in [9.17, 15) is 4.79 Å². The van der Waals surface area contributed by atoms with Crippen LogP contribution >= 0.6 is 11.6 Å². The van der Waals surface area contributed by atoms with Crippen molar-refractivity contribution in [2.45, 2.75) is 19.3 Å². The van der Waals surface area contributed by atoms with Gasteiger partial charge < -0.3 is 0 Å². The Hall–Kier alpha value is -0.820. The van der Waals surface area contributed by atoms with Crippen LogP contribution in [0.15, 0.2) is 18.2 Å². The van der Waals surface area contributed by atoms with Gasteiger partial charge in [0.1, 0.15) is 0 Å². The van der Waals surface area contributed by atoms with Gasteiger partial charge in [0, 0.05) is 17.0 Å². The second kappa shape index (κ2) is 2.91. The minimum absolute atomic E-state index is 0.235. The smallest absolute Gasteiger partial charge is 0.163 e. The number of ketones is 1. The lowest BCUT2D eigenvalue weighted by Crippen LogP contribution is -2.10. The Labute approximate surface area is 76.4 Å². The maximum atomic E-state index is 11.4. The zero-order valence-corrected chi connectivity index (χ0v) is 7.40. The number of fused-ring (bicyclic) bond motifs is 1. The third-order valence-corrected chi connectivity index (χ3v) is 2.60. The van der Waals surface area contributed by atoms with E-state index in [1.807, 2.05) is 18.2 Å². The molecule has 0 spiro atoms. The Kier molecular flexibility index (Phi) is 1.89. The van der Waals surface area contributed by atoms with Crippen LogP contribution < -0.4 is 0 Å². The molecule has 0 bridgehead atoms. The van der Waals surface area contributed by atoms with Crippen LogP contribution in [0.2, 0.25) is 5.02 Å². The van der Waals surface area contributed by atoms with Crippen molar-refractivity contribution in [2.24, 2.45) is 0 Å². The molecule has 12 heavy (non-hydrogen) atoms. The molecule has 1 aromatic rings. The normalized spacial score (nSPS) is 15.9. The predicted molar refractivity (Wildman–Crippen MR) is 48.7 cm³/mol. The highest BCUT2D eigenvalue weighted by Crippen LogP contribution is 2.27. The second-order valence-electron chi connectivity index (χ2n) is 3.04. The van der Waals surface area contributed by atoms with Gasteiger partial charge >= 0.3 is 0 Å². The number of hydrogen-bond donors (Lipinski definition) is 0. The van der Waals surface area contributed by atoms with E-state index >= 15 is 0 Å². The van der Waals surface area contributed by atoms with Gasteiger partial charge in [-0.2, -0.15) is 0 Å². The average molecular weight is 181 g/mol. The zero-order chi connectivity index (χ0) is 8.55. The van der Waals surface area contributed by atoms with E-state index < -0.39 is 0 Å². The Morgan fingerprint density at radius 3 is 2.83 bits per heavy atom. The van der Waals surface area contributed by atoms with Crippen molar-refractivity contribution in [3.05, 3.63) is 34.3 Å². The largest absolute Gasteiger partial charge is 0.294 e. The molecule has 0 aliphatic heterocycles. The van der Waals surface area contributed by atoms with Crippen molar-refractivity contribution in [1.29, 1.82) is 0 Å². The summed E-state index contributed by atoms with van der Waals surface area (Å²) in [6.07, 6.45) is 2.56. The first-order valence-corrected chi connectivity index (χ1v) is 4.47. The molecular weight excluding hydrogens is 172 g/mol.